The van der Waals surface area contributed by atoms with Crippen LogP contribution in [0.3, 0.4) is 0 Å². The molecule has 9 aromatic rings. The monoisotopic (exact) mass is 908 g/mol. The summed E-state index contributed by atoms with van der Waals surface area (Å²) in [6, 6.07) is 75.3. The summed E-state index contributed by atoms with van der Waals surface area (Å²) in [6.45, 7) is 6.76. The zero-order chi connectivity index (χ0) is 46.9. The number of aryl methyl sites for hydroxylation is 1. The number of para-hydroxylation sites is 4. The number of rotatable bonds is 8. The van der Waals surface area contributed by atoms with Crippen molar-refractivity contribution in [3.8, 4) is 11.1 Å². The lowest BCUT2D eigenvalue weighted by atomic mass is 9.73. The molecule has 0 fully saturated rings. The first-order valence-electron chi connectivity index (χ1n) is 24.4. The Morgan fingerprint density at radius 1 is 0.406 bits per heavy atom. The average molecular weight is 909 g/mol. The Morgan fingerprint density at radius 2 is 0.739 bits per heavy atom. The topological polar surface area (TPSA) is 6.48 Å². The fourth-order valence-electron chi connectivity index (χ4n) is 10.9. The molecule has 0 saturated heterocycles. The van der Waals surface area contributed by atoms with Crippen LogP contribution in [0.1, 0.15) is 87.9 Å². The molecule has 0 amide bonds. The van der Waals surface area contributed by atoms with Crippen LogP contribution in [-0.2, 0) is 18.3 Å². The van der Waals surface area contributed by atoms with Gasteiger partial charge < -0.3 is 9.80 Å². The van der Waals surface area contributed by atoms with Crippen LogP contribution in [0.2, 0.25) is 0 Å². The molecule has 0 N–H and O–H groups in total. The van der Waals surface area contributed by atoms with Crippen molar-refractivity contribution in [2.45, 2.75) is 56.8 Å². The van der Waals surface area contributed by atoms with E-state index in [9.17, 15) is 0 Å². The highest BCUT2D eigenvalue weighted by atomic mass is 32.1. The van der Waals surface area contributed by atoms with Crippen molar-refractivity contribution in [3.63, 3.8) is 0 Å². The van der Waals surface area contributed by atoms with Gasteiger partial charge in [-0.15, -0.1) is 12.6 Å². The highest BCUT2D eigenvalue weighted by molar-refractivity contribution is 7.80. The van der Waals surface area contributed by atoms with Crippen LogP contribution in [0.15, 0.2) is 211 Å². The van der Waals surface area contributed by atoms with Crippen molar-refractivity contribution < 1.29 is 0 Å². The van der Waals surface area contributed by atoms with Crippen molar-refractivity contribution in [1.82, 2.24) is 0 Å². The van der Waals surface area contributed by atoms with Crippen molar-refractivity contribution in [3.05, 3.63) is 267 Å². The molecule has 336 valence electrons. The lowest BCUT2D eigenvalue weighted by Crippen LogP contribution is -2.23. The maximum atomic E-state index is 4.20. The molecule has 0 spiro atoms. The molecule has 0 atom stereocenters. The van der Waals surface area contributed by atoms with E-state index in [4.69, 9.17) is 0 Å². The van der Waals surface area contributed by atoms with Gasteiger partial charge in [-0.05, 0) is 147 Å². The predicted molar refractivity (Wildman–Crippen MR) is 297 cm³/mol. The van der Waals surface area contributed by atoms with Crippen LogP contribution in [0.25, 0.3) is 35.4 Å². The standard InChI is InChI=1S/C59H48N2.C7H8S/c1-3-59(4-2)53-37-43(23-21-41-25-31-49(32-26-41)60-55-17-9-5-13-45(55)39-46-14-6-10-18-56(46)60)29-35-51(53)52-36-30-44(38-54(52)59)24-22-42-27-33-50(34-28-42)61-57-19-11-7-15-47(57)40-48-16-8-12-20-58(48)61;1-6-4-2-3-5-7(6)8/h5-38H,3-4,39-40H2,1-2H3;2-5,8H,1H3/b23-21+,24-22+;. The highest BCUT2D eigenvalue weighted by Crippen LogP contribution is 2.53. The number of benzene rings is 9. The predicted octanol–water partition coefficient (Wildman–Crippen LogP) is 18.1. The SMILES string of the molecule is CCC1(CC)c2cc(/C=C/c3ccc(N4c5ccccc5Cc5ccccc54)cc3)ccc2-c2ccc(/C=C/c3ccc(N4c5ccccc5Cc5ccccc54)cc3)cc21.Cc1ccccc1S. The van der Waals surface area contributed by atoms with Gasteiger partial charge in [0.2, 0.25) is 0 Å². The molecule has 1 aliphatic carbocycles. The molecule has 0 aromatic heterocycles. The maximum absolute atomic E-state index is 4.20. The van der Waals surface area contributed by atoms with E-state index in [1.54, 1.807) is 0 Å². The quantitative estimate of drug-likeness (QED) is 0.120. The third kappa shape index (κ3) is 8.32. The molecule has 3 aliphatic rings. The molecule has 69 heavy (non-hydrogen) atoms. The number of anilines is 6. The fraction of sp³-hybridized carbons (Fsp3) is 0.121. The second kappa shape index (κ2) is 18.8. The van der Waals surface area contributed by atoms with Gasteiger partial charge in [0.05, 0.1) is 0 Å². The van der Waals surface area contributed by atoms with E-state index in [0.29, 0.717) is 0 Å². The van der Waals surface area contributed by atoms with Gasteiger partial charge in [0.1, 0.15) is 0 Å². The largest absolute Gasteiger partial charge is 0.310 e. The summed E-state index contributed by atoms with van der Waals surface area (Å²) in [5.41, 5.74) is 24.6. The van der Waals surface area contributed by atoms with Gasteiger partial charge in [0.25, 0.3) is 0 Å². The maximum Gasteiger partial charge on any atom is 0.0497 e. The summed E-state index contributed by atoms with van der Waals surface area (Å²) in [6.07, 6.45) is 13.1. The molecule has 0 radical (unpaired) electrons. The summed E-state index contributed by atoms with van der Waals surface area (Å²) < 4.78 is 0. The summed E-state index contributed by atoms with van der Waals surface area (Å²) >= 11 is 4.20. The molecule has 3 heteroatoms. The van der Waals surface area contributed by atoms with Gasteiger partial charge in [-0.1, -0.05) is 190 Å². The Hall–Kier alpha value is -7.59. The number of nitrogens with zero attached hydrogens (tertiary/aromatic N) is 2. The van der Waals surface area contributed by atoms with Crippen molar-refractivity contribution >= 4 is 71.1 Å². The van der Waals surface area contributed by atoms with Crippen molar-refractivity contribution in [1.29, 1.82) is 0 Å². The van der Waals surface area contributed by atoms with E-state index >= 15 is 0 Å². The first kappa shape index (κ1) is 43.9. The minimum atomic E-state index is -0.0241. The third-order valence-corrected chi connectivity index (χ3v) is 15.2. The van der Waals surface area contributed by atoms with E-state index in [1.165, 1.54) is 106 Å². The molecule has 12 rings (SSSR count). The minimum absolute atomic E-state index is 0.0241. The smallest absolute Gasteiger partial charge is 0.0497 e. The Balaban J connectivity index is 0.000000593. The molecule has 2 nitrogen and oxygen atoms in total. The van der Waals surface area contributed by atoms with Gasteiger partial charge in [0, 0.05) is 57.3 Å². The summed E-state index contributed by atoms with van der Waals surface area (Å²) in [7, 11) is 0. The Bertz CT molecular complexity index is 3080. The number of thiol groups is 1. The molecular formula is C66H56N2S. The van der Waals surface area contributed by atoms with E-state index in [-0.39, 0.29) is 5.41 Å². The lowest BCUT2D eigenvalue weighted by Gasteiger charge is -2.33. The fourth-order valence-corrected chi connectivity index (χ4v) is 11.1. The van der Waals surface area contributed by atoms with Gasteiger partial charge in [-0.2, -0.15) is 0 Å². The second-order valence-corrected chi connectivity index (χ2v) is 19.1. The normalized spacial score (nSPS) is 13.7. The van der Waals surface area contributed by atoms with Crippen LogP contribution >= 0.6 is 12.6 Å². The minimum Gasteiger partial charge on any atom is -0.310 e. The van der Waals surface area contributed by atoms with Crippen LogP contribution in [0.4, 0.5) is 34.1 Å². The zero-order valence-electron chi connectivity index (χ0n) is 39.6. The second-order valence-electron chi connectivity index (χ2n) is 18.6. The van der Waals surface area contributed by atoms with Gasteiger partial charge in [-0.3, -0.25) is 0 Å². The molecular weight excluding hydrogens is 853 g/mol. The molecule has 9 aromatic carbocycles. The van der Waals surface area contributed by atoms with E-state index < -0.39 is 0 Å². The molecule has 2 aliphatic heterocycles. The first-order chi connectivity index (χ1) is 33.9. The van der Waals surface area contributed by atoms with E-state index in [2.05, 4.69) is 243 Å². The molecule has 0 bridgehead atoms. The van der Waals surface area contributed by atoms with Crippen LogP contribution in [-0.4, -0.2) is 0 Å². The van der Waals surface area contributed by atoms with Gasteiger partial charge >= 0.3 is 0 Å². The zero-order valence-corrected chi connectivity index (χ0v) is 40.5. The van der Waals surface area contributed by atoms with Crippen LogP contribution < -0.4 is 9.80 Å². The summed E-state index contributed by atoms with van der Waals surface area (Å²) in [5, 5.41) is 0. The van der Waals surface area contributed by atoms with Gasteiger partial charge in [-0.25, -0.2) is 0 Å². The summed E-state index contributed by atoms with van der Waals surface area (Å²) in [4.78, 5) is 5.87. The Kier molecular flexibility index (Phi) is 12.0. The molecule has 2 heterocycles. The van der Waals surface area contributed by atoms with Gasteiger partial charge in [0.15, 0.2) is 0 Å². The summed E-state index contributed by atoms with van der Waals surface area (Å²) in [5.74, 6) is 0. The van der Waals surface area contributed by atoms with E-state index in [1.807, 2.05) is 31.2 Å². The molecule has 0 saturated carbocycles. The van der Waals surface area contributed by atoms with Crippen LogP contribution in [0.5, 0.6) is 0 Å². The third-order valence-electron chi connectivity index (χ3n) is 14.7. The Morgan fingerprint density at radius 3 is 1.09 bits per heavy atom. The number of hydrogen-bond donors (Lipinski definition) is 1. The van der Waals surface area contributed by atoms with Crippen LogP contribution in [0, 0.1) is 6.92 Å². The number of fused-ring (bicyclic) bond motifs is 7. The van der Waals surface area contributed by atoms with E-state index in [0.717, 1.165) is 30.6 Å². The van der Waals surface area contributed by atoms with Crippen molar-refractivity contribution in [2.24, 2.45) is 0 Å². The Labute approximate surface area is 414 Å². The van der Waals surface area contributed by atoms with Crippen molar-refractivity contribution in [2.75, 3.05) is 9.80 Å². The first-order valence-corrected chi connectivity index (χ1v) is 24.9. The average Bonchev–Trinajstić information content (AvgIpc) is 3.68. The lowest BCUT2D eigenvalue weighted by molar-refractivity contribution is 0.490. The number of hydrogen-bond acceptors (Lipinski definition) is 3. The highest BCUT2D eigenvalue weighted by Gasteiger charge is 2.40. The molecule has 0 unspecified atom stereocenters.